The molecule has 0 aliphatic carbocycles. The SMILES string of the molecule is CCCCCNC(=O)C(c1ccc(C)c(C)c1)N(CC#N)C(=O)C(NC(=O)OC(C)(C)C)C(C)C. The van der Waals surface area contributed by atoms with E-state index in [-0.39, 0.29) is 18.4 Å². The summed E-state index contributed by atoms with van der Waals surface area (Å²) in [5.41, 5.74) is 1.91. The van der Waals surface area contributed by atoms with Gasteiger partial charge in [0.25, 0.3) is 0 Å². The fourth-order valence-corrected chi connectivity index (χ4v) is 3.59. The Balaban J connectivity index is 3.39. The van der Waals surface area contributed by atoms with Gasteiger partial charge >= 0.3 is 6.09 Å². The third-order valence-corrected chi connectivity index (χ3v) is 5.62. The molecular weight excluding hydrogens is 444 g/mol. The lowest BCUT2D eigenvalue weighted by Crippen LogP contribution is -2.55. The average Bonchev–Trinajstić information content (AvgIpc) is 2.75. The van der Waals surface area contributed by atoms with Crippen LogP contribution in [-0.2, 0) is 14.3 Å². The fraction of sp³-hybridized carbons (Fsp3) is 0.630. The Labute approximate surface area is 210 Å². The highest BCUT2D eigenvalue weighted by molar-refractivity contribution is 5.92. The van der Waals surface area contributed by atoms with Gasteiger partial charge in [-0.1, -0.05) is 51.8 Å². The first-order valence-corrected chi connectivity index (χ1v) is 12.3. The maximum absolute atomic E-state index is 13.7. The predicted molar refractivity (Wildman–Crippen MR) is 137 cm³/mol. The number of nitriles is 1. The first-order chi connectivity index (χ1) is 16.3. The summed E-state index contributed by atoms with van der Waals surface area (Å²) < 4.78 is 5.34. The Kier molecular flexibility index (Phi) is 11.7. The van der Waals surface area contributed by atoms with Crippen LogP contribution in [0.1, 0.15) is 83.5 Å². The summed E-state index contributed by atoms with van der Waals surface area (Å²) in [6.07, 6.45) is 2.09. The zero-order valence-electron chi connectivity index (χ0n) is 22.5. The van der Waals surface area contributed by atoms with Crippen LogP contribution in [-0.4, -0.2) is 47.5 Å². The molecule has 1 aromatic rings. The van der Waals surface area contributed by atoms with E-state index >= 15 is 0 Å². The van der Waals surface area contributed by atoms with E-state index in [1.54, 1.807) is 34.6 Å². The van der Waals surface area contributed by atoms with Crippen molar-refractivity contribution in [3.05, 3.63) is 34.9 Å². The fourth-order valence-electron chi connectivity index (χ4n) is 3.59. The molecule has 1 rings (SSSR count). The minimum atomic E-state index is -1.01. The first-order valence-electron chi connectivity index (χ1n) is 12.3. The number of amides is 3. The standard InChI is InChI=1S/C27H42N4O4/c1-9-10-11-15-29-24(32)23(21-13-12-19(4)20(5)17-21)31(16-14-28)25(33)22(18(2)3)30-26(34)35-27(6,7)8/h12-13,17-18,22-23H,9-11,15-16H2,1-8H3,(H,29,32)(H,30,34). The van der Waals surface area contributed by atoms with E-state index in [4.69, 9.17) is 4.74 Å². The van der Waals surface area contributed by atoms with Crippen molar-refractivity contribution in [2.75, 3.05) is 13.1 Å². The number of rotatable bonds is 11. The van der Waals surface area contributed by atoms with Crippen molar-refractivity contribution in [1.29, 1.82) is 5.26 Å². The molecule has 0 aromatic heterocycles. The summed E-state index contributed by atoms with van der Waals surface area (Å²) in [5.74, 6) is -1.17. The second-order valence-corrected chi connectivity index (χ2v) is 10.2. The number of hydrogen-bond donors (Lipinski definition) is 2. The van der Waals surface area contributed by atoms with Gasteiger partial charge in [-0.05, 0) is 63.6 Å². The topological polar surface area (TPSA) is 112 Å². The minimum absolute atomic E-state index is 0.302. The Morgan fingerprint density at radius 3 is 2.29 bits per heavy atom. The lowest BCUT2D eigenvalue weighted by Gasteiger charge is -2.34. The van der Waals surface area contributed by atoms with Crippen molar-refractivity contribution in [2.45, 2.75) is 92.3 Å². The van der Waals surface area contributed by atoms with E-state index in [0.29, 0.717) is 12.1 Å². The predicted octanol–water partition coefficient (Wildman–Crippen LogP) is 4.55. The van der Waals surface area contributed by atoms with Gasteiger partial charge in [0.1, 0.15) is 24.2 Å². The molecule has 1 aromatic carbocycles. The second-order valence-electron chi connectivity index (χ2n) is 10.2. The van der Waals surface area contributed by atoms with Crippen LogP contribution in [0.25, 0.3) is 0 Å². The third kappa shape index (κ3) is 9.59. The summed E-state index contributed by atoms with van der Waals surface area (Å²) in [4.78, 5) is 40.9. The molecule has 35 heavy (non-hydrogen) atoms. The van der Waals surface area contributed by atoms with E-state index in [0.717, 1.165) is 30.4 Å². The quantitative estimate of drug-likeness (QED) is 0.352. The molecule has 0 saturated carbocycles. The van der Waals surface area contributed by atoms with E-state index in [9.17, 15) is 19.6 Å². The van der Waals surface area contributed by atoms with E-state index in [2.05, 4.69) is 17.6 Å². The molecule has 0 aliphatic heterocycles. The summed E-state index contributed by atoms with van der Waals surface area (Å²) in [7, 11) is 0. The monoisotopic (exact) mass is 486 g/mol. The second kappa shape index (κ2) is 13.7. The number of aryl methyl sites for hydroxylation is 2. The van der Waals surface area contributed by atoms with Crippen molar-refractivity contribution >= 4 is 17.9 Å². The minimum Gasteiger partial charge on any atom is -0.444 e. The molecule has 2 N–H and O–H groups in total. The van der Waals surface area contributed by atoms with Gasteiger partial charge in [-0.15, -0.1) is 0 Å². The van der Waals surface area contributed by atoms with Crippen LogP contribution in [0.15, 0.2) is 18.2 Å². The number of carbonyl (C=O) groups excluding carboxylic acids is 3. The zero-order valence-corrected chi connectivity index (χ0v) is 22.5. The highest BCUT2D eigenvalue weighted by atomic mass is 16.6. The molecule has 2 atom stereocenters. The highest BCUT2D eigenvalue weighted by Crippen LogP contribution is 2.25. The number of alkyl carbamates (subject to hydrolysis) is 1. The third-order valence-electron chi connectivity index (χ3n) is 5.62. The highest BCUT2D eigenvalue weighted by Gasteiger charge is 2.37. The van der Waals surface area contributed by atoms with Crippen molar-refractivity contribution in [1.82, 2.24) is 15.5 Å². The number of nitrogens with zero attached hydrogens (tertiary/aromatic N) is 2. The van der Waals surface area contributed by atoms with Crippen LogP contribution in [0.4, 0.5) is 4.79 Å². The van der Waals surface area contributed by atoms with Gasteiger partial charge in [0.2, 0.25) is 11.8 Å². The largest absolute Gasteiger partial charge is 0.444 e. The lowest BCUT2D eigenvalue weighted by atomic mass is 9.96. The van der Waals surface area contributed by atoms with E-state index in [1.807, 2.05) is 38.1 Å². The van der Waals surface area contributed by atoms with Gasteiger partial charge in [-0.3, -0.25) is 9.59 Å². The molecule has 3 amide bonds. The number of nitrogens with one attached hydrogen (secondary N) is 2. The van der Waals surface area contributed by atoms with Crippen LogP contribution in [0.5, 0.6) is 0 Å². The number of hydrogen-bond acceptors (Lipinski definition) is 5. The molecule has 8 nitrogen and oxygen atoms in total. The molecular formula is C27H42N4O4. The van der Waals surface area contributed by atoms with Crippen LogP contribution in [0.3, 0.4) is 0 Å². The van der Waals surface area contributed by atoms with E-state index < -0.39 is 29.7 Å². The lowest BCUT2D eigenvalue weighted by molar-refractivity contribution is -0.142. The van der Waals surface area contributed by atoms with Crippen LogP contribution >= 0.6 is 0 Å². The number of ether oxygens (including phenoxy) is 1. The molecule has 0 aliphatic rings. The van der Waals surface area contributed by atoms with Crippen molar-refractivity contribution in [3.63, 3.8) is 0 Å². The summed E-state index contributed by atoms with van der Waals surface area (Å²) >= 11 is 0. The maximum Gasteiger partial charge on any atom is 0.408 e. The van der Waals surface area contributed by atoms with Gasteiger partial charge in [0.15, 0.2) is 0 Å². The summed E-state index contributed by atoms with van der Waals surface area (Å²) in [6.45, 7) is 14.9. The van der Waals surface area contributed by atoms with Crippen molar-refractivity contribution < 1.29 is 19.1 Å². The molecule has 0 radical (unpaired) electrons. The van der Waals surface area contributed by atoms with Gasteiger partial charge in [0, 0.05) is 6.54 Å². The molecule has 0 saturated heterocycles. The number of benzene rings is 1. The maximum atomic E-state index is 13.7. The molecule has 194 valence electrons. The van der Waals surface area contributed by atoms with Gasteiger partial charge in [-0.2, -0.15) is 5.26 Å². The van der Waals surface area contributed by atoms with Crippen LogP contribution in [0, 0.1) is 31.1 Å². The van der Waals surface area contributed by atoms with Gasteiger partial charge in [0.05, 0.1) is 6.07 Å². The Morgan fingerprint density at radius 2 is 1.77 bits per heavy atom. The van der Waals surface area contributed by atoms with Crippen LogP contribution in [0.2, 0.25) is 0 Å². The molecule has 0 fully saturated rings. The normalized spacial score (nSPS) is 12.9. The Bertz CT molecular complexity index is 915. The molecule has 0 heterocycles. The van der Waals surface area contributed by atoms with Gasteiger partial charge < -0.3 is 20.3 Å². The van der Waals surface area contributed by atoms with E-state index in [1.165, 1.54) is 4.90 Å². The van der Waals surface area contributed by atoms with Crippen molar-refractivity contribution in [3.8, 4) is 6.07 Å². The molecule has 2 unspecified atom stereocenters. The Morgan fingerprint density at radius 1 is 1.11 bits per heavy atom. The summed E-state index contributed by atoms with van der Waals surface area (Å²) in [5, 5.41) is 15.1. The molecule has 0 spiro atoms. The number of carbonyl (C=O) groups is 3. The van der Waals surface area contributed by atoms with Crippen molar-refractivity contribution in [2.24, 2.45) is 5.92 Å². The molecule has 8 heteroatoms. The number of unbranched alkanes of at least 4 members (excludes halogenated alkanes) is 2. The van der Waals surface area contributed by atoms with Gasteiger partial charge in [-0.25, -0.2) is 4.79 Å². The first kappa shape index (κ1) is 30.0. The molecule has 0 bridgehead atoms. The van der Waals surface area contributed by atoms with Crippen LogP contribution < -0.4 is 10.6 Å². The Hall–Kier alpha value is -3.08. The smallest absolute Gasteiger partial charge is 0.408 e. The average molecular weight is 487 g/mol. The summed E-state index contributed by atoms with van der Waals surface area (Å²) in [6, 6.07) is 5.62. The zero-order chi connectivity index (χ0) is 26.8.